The second-order valence-electron chi connectivity index (χ2n) is 5.92. The molecule has 1 saturated carbocycles. The summed E-state index contributed by atoms with van der Waals surface area (Å²) in [6.45, 7) is 4.62. The third kappa shape index (κ3) is 6.54. The second kappa shape index (κ2) is 9.87. The monoisotopic (exact) mass is 294 g/mol. The van der Waals surface area contributed by atoms with E-state index < -0.39 is 0 Å². The van der Waals surface area contributed by atoms with E-state index in [1.807, 2.05) is 10.9 Å². The van der Waals surface area contributed by atoms with E-state index in [0.717, 1.165) is 44.3 Å². The summed E-state index contributed by atoms with van der Waals surface area (Å²) in [7, 11) is 0. The Morgan fingerprint density at radius 3 is 2.71 bits per heavy atom. The predicted octanol–water partition coefficient (Wildman–Crippen LogP) is 1.03. The second-order valence-corrected chi connectivity index (χ2v) is 5.92. The molecule has 120 valence electrons. The topological polar surface area (TPSA) is 80.8 Å². The molecule has 0 atom stereocenters. The molecule has 1 fully saturated rings. The van der Waals surface area contributed by atoms with Crippen molar-refractivity contribution in [3.05, 3.63) is 11.9 Å². The van der Waals surface area contributed by atoms with Crippen molar-refractivity contribution in [1.82, 2.24) is 25.6 Å². The summed E-state index contributed by atoms with van der Waals surface area (Å²) >= 11 is 0. The quantitative estimate of drug-likeness (QED) is 0.562. The zero-order valence-electron chi connectivity index (χ0n) is 13.1. The van der Waals surface area contributed by atoms with Gasteiger partial charge in [0.2, 0.25) is 0 Å². The first-order valence-electron chi connectivity index (χ1n) is 8.41. The Hall–Kier alpha value is -0.980. The lowest BCUT2D eigenvalue weighted by molar-refractivity contribution is 0.371. The van der Waals surface area contributed by atoms with Crippen LogP contribution in [0.3, 0.4) is 0 Å². The van der Waals surface area contributed by atoms with Crippen LogP contribution in [0.2, 0.25) is 0 Å². The normalized spacial score (nSPS) is 16.4. The average molecular weight is 294 g/mol. The largest absolute Gasteiger partial charge is 0.325 e. The van der Waals surface area contributed by atoms with Gasteiger partial charge < -0.3 is 16.4 Å². The molecule has 6 nitrogen and oxygen atoms in total. The summed E-state index contributed by atoms with van der Waals surface area (Å²) in [6, 6.07) is 0.780. The highest BCUT2D eigenvalue weighted by molar-refractivity contribution is 4.90. The molecule has 4 N–H and O–H groups in total. The lowest BCUT2D eigenvalue weighted by Gasteiger charge is -2.22. The molecule has 0 radical (unpaired) electrons. The summed E-state index contributed by atoms with van der Waals surface area (Å²) in [4.78, 5) is 0. The van der Waals surface area contributed by atoms with E-state index in [1.54, 1.807) is 0 Å². The van der Waals surface area contributed by atoms with Crippen LogP contribution < -0.4 is 16.4 Å². The number of nitrogens with two attached hydrogens (primary N) is 1. The van der Waals surface area contributed by atoms with Crippen LogP contribution in [0.5, 0.6) is 0 Å². The van der Waals surface area contributed by atoms with Crippen LogP contribution in [0.1, 0.15) is 50.6 Å². The van der Waals surface area contributed by atoms with Crippen LogP contribution in [0.25, 0.3) is 0 Å². The van der Waals surface area contributed by atoms with Crippen molar-refractivity contribution in [3.8, 4) is 0 Å². The Kier molecular flexibility index (Phi) is 7.70. The molecule has 1 aliphatic rings. The minimum atomic E-state index is 0.465. The van der Waals surface area contributed by atoms with Gasteiger partial charge in [0.15, 0.2) is 0 Å². The van der Waals surface area contributed by atoms with Gasteiger partial charge >= 0.3 is 0 Å². The standard InChI is InChI=1S/C15H30N6/c16-12-15-13-21(20-19-15)11-5-9-17-8-4-10-18-14-6-2-1-3-7-14/h13-14,17-18H,1-12,16H2. The van der Waals surface area contributed by atoms with Crippen molar-refractivity contribution in [2.24, 2.45) is 5.73 Å². The highest BCUT2D eigenvalue weighted by atomic mass is 15.4. The van der Waals surface area contributed by atoms with Crippen LogP contribution in [0.15, 0.2) is 6.20 Å². The Labute approximate surface area is 127 Å². The van der Waals surface area contributed by atoms with Crippen LogP contribution in [0.4, 0.5) is 0 Å². The van der Waals surface area contributed by atoms with Crippen LogP contribution in [0, 0.1) is 0 Å². The van der Waals surface area contributed by atoms with Gasteiger partial charge in [-0.2, -0.15) is 0 Å². The molecule has 2 rings (SSSR count). The highest BCUT2D eigenvalue weighted by Gasteiger charge is 2.11. The van der Waals surface area contributed by atoms with E-state index in [0.29, 0.717) is 6.54 Å². The van der Waals surface area contributed by atoms with Crippen molar-refractivity contribution in [1.29, 1.82) is 0 Å². The predicted molar refractivity (Wildman–Crippen MR) is 84.9 cm³/mol. The summed E-state index contributed by atoms with van der Waals surface area (Å²) < 4.78 is 1.87. The van der Waals surface area contributed by atoms with Gasteiger partial charge in [0.05, 0.1) is 5.69 Å². The van der Waals surface area contributed by atoms with Crippen molar-refractivity contribution in [3.63, 3.8) is 0 Å². The molecule has 1 heterocycles. The number of hydrogen-bond donors (Lipinski definition) is 3. The first-order valence-corrected chi connectivity index (χ1v) is 8.41. The zero-order valence-corrected chi connectivity index (χ0v) is 13.1. The first kappa shape index (κ1) is 16.4. The molecule has 0 bridgehead atoms. The zero-order chi connectivity index (χ0) is 14.8. The minimum Gasteiger partial charge on any atom is -0.325 e. The fourth-order valence-electron chi connectivity index (χ4n) is 2.86. The number of nitrogens with one attached hydrogen (secondary N) is 2. The molecule has 0 aromatic carbocycles. The number of hydrogen-bond acceptors (Lipinski definition) is 5. The number of rotatable bonds is 10. The van der Waals surface area contributed by atoms with E-state index in [4.69, 9.17) is 5.73 Å². The van der Waals surface area contributed by atoms with E-state index in [1.165, 1.54) is 38.5 Å². The lowest BCUT2D eigenvalue weighted by Crippen LogP contribution is -2.33. The van der Waals surface area contributed by atoms with Gasteiger partial charge in [-0.05, 0) is 45.3 Å². The molecule has 0 aliphatic heterocycles. The SMILES string of the molecule is NCc1cn(CCCNCCCNC2CCCCC2)nn1. The molecule has 21 heavy (non-hydrogen) atoms. The van der Waals surface area contributed by atoms with Crippen molar-refractivity contribution in [2.75, 3.05) is 19.6 Å². The van der Waals surface area contributed by atoms with Gasteiger partial charge in [-0.3, -0.25) is 4.68 Å². The van der Waals surface area contributed by atoms with Gasteiger partial charge in [0.25, 0.3) is 0 Å². The highest BCUT2D eigenvalue weighted by Crippen LogP contribution is 2.16. The fourth-order valence-corrected chi connectivity index (χ4v) is 2.86. The van der Waals surface area contributed by atoms with Crippen molar-refractivity contribution >= 4 is 0 Å². The van der Waals surface area contributed by atoms with Crippen LogP contribution >= 0.6 is 0 Å². The molecular formula is C15H30N6. The Morgan fingerprint density at radius 2 is 1.95 bits per heavy atom. The number of aryl methyl sites for hydroxylation is 1. The van der Waals surface area contributed by atoms with Crippen molar-refractivity contribution in [2.45, 2.75) is 64.1 Å². The van der Waals surface area contributed by atoms with Gasteiger partial charge in [0.1, 0.15) is 0 Å². The van der Waals surface area contributed by atoms with Crippen molar-refractivity contribution < 1.29 is 0 Å². The first-order chi connectivity index (χ1) is 10.4. The lowest BCUT2D eigenvalue weighted by atomic mass is 9.95. The third-order valence-electron chi connectivity index (χ3n) is 4.10. The van der Waals surface area contributed by atoms with Gasteiger partial charge in [-0.15, -0.1) is 5.10 Å². The van der Waals surface area contributed by atoms with E-state index in [-0.39, 0.29) is 0 Å². The van der Waals surface area contributed by atoms with Gasteiger partial charge in [-0.1, -0.05) is 24.5 Å². The molecule has 0 unspecified atom stereocenters. The maximum Gasteiger partial charge on any atom is 0.0962 e. The third-order valence-corrected chi connectivity index (χ3v) is 4.10. The molecule has 0 saturated heterocycles. The molecule has 0 spiro atoms. The molecule has 1 aromatic heterocycles. The fraction of sp³-hybridized carbons (Fsp3) is 0.867. The van der Waals surface area contributed by atoms with E-state index >= 15 is 0 Å². The number of nitrogens with zero attached hydrogens (tertiary/aromatic N) is 3. The summed E-state index contributed by atoms with van der Waals surface area (Å²) in [5.74, 6) is 0. The molecule has 0 amide bonds. The summed E-state index contributed by atoms with van der Waals surface area (Å²) in [5, 5.41) is 15.2. The average Bonchev–Trinajstić information content (AvgIpc) is 2.99. The van der Waals surface area contributed by atoms with E-state index in [2.05, 4.69) is 20.9 Å². The van der Waals surface area contributed by atoms with Gasteiger partial charge in [0, 0.05) is 25.3 Å². The van der Waals surface area contributed by atoms with E-state index in [9.17, 15) is 0 Å². The van der Waals surface area contributed by atoms with Gasteiger partial charge in [-0.25, -0.2) is 0 Å². The molecule has 1 aromatic rings. The van der Waals surface area contributed by atoms with Crippen LogP contribution in [-0.4, -0.2) is 40.7 Å². The Balaban J connectivity index is 1.39. The maximum atomic E-state index is 5.51. The van der Waals surface area contributed by atoms with Crippen LogP contribution in [-0.2, 0) is 13.1 Å². The molecule has 1 aliphatic carbocycles. The molecular weight excluding hydrogens is 264 g/mol. The Morgan fingerprint density at radius 1 is 1.14 bits per heavy atom. The molecule has 6 heteroatoms. The minimum absolute atomic E-state index is 0.465. The Bertz CT molecular complexity index is 372. The smallest absolute Gasteiger partial charge is 0.0962 e. The number of aromatic nitrogens is 3. The summed E-state index contributed by atoms with van der Waals surface area (Å²) in [6.07, 6.45) is 11.2. The summed E-state index contributed by atoms with van der Waals surface area (Å²) in [5.41, 5.74) is 6.36. The maximum absolute atomic E-state index is 5.51.